The molecule has 3 heteroatoms. The van der Waals surface area contributed by atoms with Crippen LogP contribution < -0.4 is 0 Å². The molecule has 0 radical (unpaired) electrons. The normalized spacial score (nSPS) is 12.0. The molecule has 0 aliphatic carbocycles. The summed E-state index contributed by atoms with van der Waals surface area (Å²) in [6.07, 6.45) is 4.56. The molecule has 3 nitrogen and oxygen atoms in total. The Morgan fingerprint density at radius 3 is 2.16 bits per heavy atom. The Hall–Kier alpha value is -1.97. The highest BCUT2D eigenvalue weighted by molar-refractivity contribution is 6.03. The summed E-state index contributed by atoms with van der Waals surface area (Å²) in [5.74, 6) is -1.79. The number of rotatable bonds is 7. The lowest BCUT2D eigenvalue weighted by Crippen LogP contribution is -2.40. The molecule has 1 aromatic rings. The molecular weight excluding hydrogens is 240 g/mol. The maximum absolute atomic E-state index is 12.6. The minimum Gasteiger partial charge on any atom is -0.343 e. The largest absolute Gasteiger partial charge is 0.343 e. The van der Waals surface area contributed by atoms with Gasteiger partial charge in [-0.2, -0.15) is 0 Å². The number of ketones is 1. The van der Waals surface area contributed by atoms with Crippen molar-refractivity contribution >= 4 is 5.78 Å². The Balaban J connectivity index is 3.35. The first-order valence-electron chi connectivity index (χ1n) is 5.82. The highest BCUT2D eigenvalue weighted by Crippen LogP contribution is 2.30. The number of ether oxygens (including phenoxy) is 2. The summed E-state index contributed by atoms with van der Waals surface area (Å²) < 4.78 is 10.7. The van der Waals surface area contributed by atoms with Gasteiger partial charge in [0.05, 0.1) is 0 Å². The van der Waals surface area contributed by atoms with Crippen LogP contribution in [0.4, 0.5) is 0 Å². The lowest BCUT2D eigenvalue weighted by molar-refractivity contribution is -0.209. The fourth-order valence-electron chi connectivity index (χ4n) is 1.85. The summed E-state index contributed by atoms with van der Waals surface area (Å²) in [5.41, 5.74) is 1.00. The zero-order valence-electron chi connectivity index (χ0n) is 11.3. The first kappa shape index (κ1) is 15.1. The predicted octanol–water partition coefficient (Wildman–Crippen LogP) is 3.00. The van der Waals surface area contributed by atoms with Gasteiger partial charge in [0, 0.05) is 25.4 Å². The van der Waals surface area contributed by atoms with Gasteiger partial charge in [0.2, 0.25) is 5.78 Å². The zero-order chi connectivity index (χ0) is 14.3. The van der Waals surface area contributed by atoms with Crippen molar-refractivity contribution in [2.45, 2.75) is 5.79 Å². The third kappa shape index (κ3) is 2.89. The molecule has 0 amide bonds. The Morgan fingerprint density at radius 1 is 1.16 bits per heavy atom. The van der Waals surface area contributed by atoms with Crippen molar-refractivity contribution in [2.75, 3.05) is 14.2 Å². The van der Waals surface area contributed by atoms with Crippen molar-refractivity contribution in [3.05, 3.63) is 72.9 Å². The minimum atomic E-state index is -1.47. The van der Waals surface area contributed by atoms with Gasteiger partial charge in [-0.25, -0.2) is 0 Å². The van der Waals surface area contributed by atoms with Crippen LogP contribution in [0.2, 0.25) is 0 Å². The maximum Gasteiger partial charge on any atom is 0.260 e. The highest BCUT2D eigenvalue weighted by atomic mass is 16.7. The van der Waals surface area contributed by atoms with Crippen molar-refractivity contribution in [1.29, 1.82) is 0 Å². The molecule has 0 aromatic heterocycles. The maximum atomic E-state index is 12.6. The van der Waals surface area contributed by atoms with Gasteiger partial charge in [-0.3, -0.25) is 4.79 Å². The van der Waals surface area contributed by atoms with Crippen molar-refractivity contribution in [2.24, 2.45) is 0 Å². The summed E-state index contributed by atoms with van der Waals surface area (Å²) in [6, 6.07) is 9.05. The molecule has 19 heavy (non-hydrogen) atoms. The second kappa shape index (κ2) is 6.83. The molecule has 1 rings (SSSR count). The first-order chi connectivity index (χ1) is 9.16. The van der Waals surface area contributed by atoms with E-state index in [1.165, 1.54) is 26.4 Å². The summed E-state index contributed by atoms with van der Waals surface area (Å²) in [4.78, 5) is 12.6. The van der Waals surface area contributed by atoms with Gasteiger partial charge in [0.15, 0.2) is 0 Å². The summed E-state index contributed by atoms with van der Waals surface area (Å²) in [5, 5.41) is 0. The predicted molar refractivity (Wildman–Crippen MR) is 75.6 cm³/mol. The Bertz CT molecular complexity index is 482. The number of allylic oxidation sites excluding steroid dienone is 3. The quantitative estimate of drug-likeness (QED) is 0.428. The lowest BCUT2D eigenvalue weighted by atomic mass is 9.95. The zero-order valence-corrected chi connectivity index (χ0v) is 11.3. The van der Waals surface area contributed by atoms with Crippen molar-refractivity contribution < 1.29 is 14.3 Å². The van der Waals surface area contributed by atoms with Crippen LogP contribution in [-0.4, -0.2) is 20.0 Å². The summed E-state index contributed by atoms with van der Waals surface area (Å²) in [6.45, 7) is 7.21. The summed E-state index contributed by atoms with van der Waals surface area (Å²) in [7, 11) is 2.87. The molecule has 0 saturated heterocycles. The summed E-state index contributed by atoms with van der Waals surface area (Å²) >= 11 is 0. The van der Waals surface area contributed by atoms with Gasteiger partial charge in [-0.15, -0.1) is 0 Å². The smallest absolute Gasteiger partial charge is 0.260 e. The monoisotopic (exact) mass is 258 g/mol. The van der Waals surface area contributed by atoms with E-state index in [0.29, 0.717) is 11.1 Å². The number of hydrogen-bond acceptors (Lipinski definition) is 3. The van der Waals surface area contributed by atoms with E-state index in [1.54, 1.807) is 18.2 Å². The van der Waals surface area contributed by atoms with Crippen LogP contribution in [0.25, 0.3) is 0 Å². The molecule has 0 spiro atoms. The van der Waals surface area contributed by atoms with Crippen molar-refractivity contribution in [3.8, 4) is 0 Å². The number of carbonyl (C=O) groups excluding carboxylic acids is 1. The van der Waals surface area contributed by atoms with Gasteiger partial charge in [-0.05, 0) is 0 Å². The van der Waals surface area contributed by atoms with Crippen molar-refractivity contribution in [1.82, 2.24) is 0 Å². The van der Waals surface area contributed by atoms with Crippen LogP contribution >= 0.6 is 0 Å². The van der Waals surface area contributed by atoms with Crippen LogP contribution in [0, 0.1) is 0 Å². The van der Waals surface area contributed by atoms with Crippen LogP contribution in [0.3, 0.4) is 0 Å². The molecular formula is C16H18O3. The van der Waals surface area contributed by atoms with Crippen LogP contribution in [-0.2, 0) is 20.1 Å². The first-order valence-corrected chi connectivity index (χ1v) is 5.82. The van der Waals surface area contributed by atoms with E-state index in [2.05, 4.69) is 13.2 Å². The standard InChI is InChI=1S/C16H18O3/c1-5-10-13(6-2)15(17)16(18-3,19-4)14-11-8-7-9-12-14/h5-12H,1-2H2,3-4H3/b13-10+. The van der Waals surface area contributed by atoms with Gasteiger partial charge >= 0.3 is 0 Å². The van der Waals surface area contributed by atoms with E-state index in [4.69, 9.17) is 9.47 Å². The number of methoxy groups -OCH3 is 2. The molecule has 0 fully saturated rings. The molecule has 0 unspecified atom stereocenters. The van der Waals surface area contributed by atoms with Gasteiger partial charge in [0.1, 0.15) is 0 Å². The van der Waals surface area contributed by atoms with E-state index in [9.17, 15) is 4.79 Å². The number of Topliss-reactive ketones (excluding diaryl/α,β-unsaturated/α-hetero) is 1. The van der Waals surface area contributed by atoms with Crippen LogP contribution in [0.5, 0.6) is 0 Å². The number of carbonyl (C=O) groups is 1. The molecule has 0 N–H and O–H groups in total. The average molecular weight is 258 g/mol. The molecule has 0 aliphatic heterocycles. The fraction of sp³-hybridized carbons (Fsp3) is 0.188. The van der Waals surface area contributed by atoms with E-state index in [0.717, 1.165) is 0 Å². The van der Waals surface area contributed by atoms with E-state index < -0.39 is 5.79 Å². The highest BCUT2D eigenvalue weighted by Gasteiger charge is 2.41. The molecule has 0 saturated carbocycles. The SMILES string of the molecule is C=C/C=C(\C=C)C(=O)C(OC)(OC)c1ccccc1. The van der Waals surface area contributed by atoms with Crippen molar-refractivity contribution in [3.63, 3.8) is 0 Å². The molecule has 0 aliphatic rings. The molecule has 1 aromatic carbocycles. The number of hydrogen-bond donors (Lipinski definition) is 0. The molecule has 0 bridgehead atoms. The Kier molecular flexibility index (Phi) is 5.42. The third-order valence-electron chi connectivity index (χ3n) is 2.81. The molecule has 100 valence electrons. The van der Waals surface area contributed by atoms with Gasteiger partial charge in [0.25, 0.3) is 5.79 Å². The van der Waals surface area contributed by atoms with E-state index in [-0.39, 0.29) is 5.78 Å². The second-order valence-electron chi connectivity index (χ2n) is 3.78. The fourth-order valence-corrected chi connectivity index (χ4v) is 1.85. The molecule has 0 atom stereocenters. The topological polar surface area (TPSA) is 35.5 Å². The van der Waals surface area contributed by atoms with Gasteiger partial charge < -0.3 is 9.47 Å². The molecule has 0 heterocycles. The lowest BCUT2D eigenvalue weighted by Gasteiger charge is -2.29. The second-order valence-corrected chi connectivity index (χ2v) is 3.78. The third-order valence-corrected chi connectivity index (χ3v) is 2.81. The Labute approximate surface area is 113 Å². The van der Waals surface area contributed by atoms with E-state index >= 15 is 0 Å². The van der Waals surface area contributed by atoms with E-state index in [1.807, 2.05) is 18.2 Å². The van der Waals surface area contributed by atoms with Gasteiger partial charge in [-0.1, -0.05) is 61.7 Å². The van der Waals surface area contributed by atoms with Crippen LogP contribution in [0.15, 0.2) is 67.3 Å². The average Bonchev–Trinajstić information content (AvgIpc) is 2.47. The van der Waals surface area contributed by atoms with Crippen LogP contribution in [0.1, 0.15) is 5.56 Å². The Morgan fingerprint density at radius 2 is 1.74 bits per heavy atom. The minimum absolute atomic E-state index is 0.321. The number of benzene rings is 1.